The van der Waals surface area contributed by atoms with E-state index in [1.165, 1.54) is 23.5 Å². The first-order valence-electron chi connectivity index (χ1n) is 6.24. The summed E-state index contributed by atoms with van der Waals surface area (Å²) in [5, 5.41) is 10.0. The van der Waals surface area contributed by atoms with Crippen molar-refractivity contribution in [2.45, 2.75) is 25.2 Å². The van der Waals surface area contributed by atoms with Crippen molar-refractivity contribution in [3.05, 3.63) is 39.1 Å². The lowest BCUT2D eigenvalue weighted by Crippen LogP contribution is -2.17. The second kappa shape index (κ2) is 5.26. The van der Waals surface area contributed by atoms with Gasteiger partial charge in [0.05, 0.1) is 11.6 Å². The number of hydrogen-bond acceptors (Lipinski definition) is 3. The Kier molecular flexibility index (Phi) is 3.60. The maximum absolute atomic E-state index is 13.1. The third-order valence-corrected chi connectivity index (χ3v) is 5.23. The van der Waals surface area contributed by atoms with Crippen molar-refractivity contribution < 1.29 is 14.3 Å². The number of carbonyl (C=O) groups is 1. The third-order valence-electron chi connectivity index (χ3n) is 3.41. The summed E-state index contributed by atoms with van der Waals surface area (Å²) in [5.41, 5.74) is 1.48. The molecule has 0 saturated carbocycles. The second-order valence-electron chi connectivity index (χ2n) is 4.73. The molecule has 1 aromatic carbocycles. The van der Waals surface area contributed by atoms with Crippen molar-refractivity contribution in [1.29, 1.82) is 0 Å². The van der Waals surface area contributed by atoms with E-state index in [0.717, 1.165) is 28.3 Å². The Morgan fingerprint density at radius 3 is 3.00 bits per heavy atom. The molecule has 1 heterocycles. The summed E-state index contributed by atoms with van der Waals surface area (Å²) in [6.07, 6.45) is 2.38. The summed E-state index contributed by atoms with van der Waals surface area (Å²) in [7, 11) is 0. The van der Waals surface area contributed by atoms with Crippen molar-refractivity contribution >= 4 is 33.2 Å². The molecule has 1 N–H and O–H groups in total. The number of aromatic nitrogens is 1. The molecule has 1 unspecified atom stereocenters. The highest BCUT2D eigenvalue weighted by Gasteiger charge is 2.30. The van der Waals surface area contributed by atoms with E-state index in [0.29, 0.717) is 16.6 Å². The number of benzene rings is 1. The number of rotatable bonds is 2. The van der Waals surface area contributed by atoms with Crippen LogP contribution in [0.25, 0.3) is 10.6 Å². The van der Waals surface area contributed by atoms with Crippen molar-refractivity contribution in [2.75, 3.05) is 0 Å². The summed E-state index contributed by atoms with van der Waals surface area (Å²) in [4.78, 5) is 16.8. The van der Waals surface area contributed by atoms with Gasteiger partial charge in [-0.15, -0.1) is 11.3 Å². The van der Waals surface area contributed by atoms with Gasteiger partial charge in [-0.3, -0.25) is 4.79 Å². The maximum Gasteiger partial charge on any atom is 0.312 e. The summed E-state index contributed by atoms with van der Waals surface area (Å²) >= 11 is 4.83. The van der Waals surface area contributed by atoms with E-state index < -0.39 is 11.9 Å². The number of hydrogen-bond donors (Lipinski definition) is 1. The number of carboxylic acid groups (broad SMARTS) is 1. The Morgan fingerprint density at radius 1 is 1.50 bits per heavy atom. The van der Waals surface area contributed by atoms with Gasteiger partial charge >= 0.3 is 5.97 Å². The molecule has 0 fully saturated rings. The number of thiazole rings is 1. The lowest BCUT2D eigenvalue weighted by Gasteiger charge is -2.16. The van der Waals surface area contributed by atoms with E-state index in [4.69, 9.17) is 0 Å². The number of fused-ring (bicyclic) bond motifs is 1. The molecule has 0 radical (unpaired) electrons. The maximum atomic E-state index is 13.1. The fourth-order valence-corrected chi connectivity index (χ4v) is 4.31. The molecule has 3 rings (SSSR count). The van der Waals surface area contributed by atoms with Crippen LogP contribution < -0.4 is 0 Å². The molecule has 20 heavy (non-hydrogen) atoms. The molecule has 0 aliphatic heterocycles. The average Bonchev–Trinajstić information content (AvgIpc) is 2.81. The van der Waals surface area contributed by atoms with E-state index in [1.807, 2.05) is 0 Å². The van der Waals surface area contributed by atoms with Crippen molar-refractivity contribution in [1.82, 2.24) is 4.98 Å². The first kappa shape index (κ1) is 13.7. The number of halogens is 2. The molecule has 0 saturated heterocycles. The Bertz CT molecular complexity index is 686. The fourth-order valence-electron chi connectivity index (χ4n) is 2.44. The lowest BCUT2D eigenvalue weighted by molar-refractivity contribution is -0.139. The van der Waals surface area contributed by atoms with Crippen LogP contribution in [-0.2, 0) is 11.2 Å². The van der Waals surface area contributed by atoms with Gasteiger partial charge < -0.3 is 5.11 Å². The SMILES string of the molecule is O=C(O)C1CCCc2sc(-c3ccc(F)cc3Br)nc21. The average molecular weight is 356 g/mol. The first-order valence-corrected chi connectivity index (χ1v) is 7.85. The van der Waals surface area contributed by atoms with Gasteiger partial charge in [-0.05, 0) is 53.4 Å². The summed E-state index contributed by atoms with van der Waals surface area (Å²) in [6.45, 7) is 0. The number of aryl methyl sites for hydroxylation is 1. The van der Waals surface area contributed by atoms with Crippen LogP contribution in [0.5, 0.6) is 0 Å². The van der Waals surface area contributed by atoms with Crippen LogP contribution in [0.15, 0.2) is 22.7 Å². The van der Waals surface area contributed by atoms with Gasteiger partial charge in [0.2, 0.25) is 0 Å². The van der Waals surface area contributed by atoms with E-state index in [-0.39, 0.29) is 5.82 Å². The van der Waals surface area contributed by atoms with Crippen molar-refractivity contribution in [3.63, 3.8) is 0 Å². The molecule has 1 aliphatic carbocycles. The van der Waals surface area contributed by atoms with Crippen LogP contribution in [-0.4, -0.2) is 16.1 Å². The molecule has 104 valence electrons. The van der Waals surface area contributed by atoms with Gasteiger partial charge in [0.25, 0.3) is 0 Å². The number of nitrogens with zero attached hydrogens (tertiary/aromatic N) is 1. The zero-order chi connectivity index (χ0) is 14.3. The van der Waals surface area contributed by atoms with Gasteiger partial charge in [-0.25, -0.2) is 9.37 Å². The quantitative estimate of drug-likeness (QED) is 0.877. The largest absolute Gasteiger partial charge is 0.481 e. The highest BCUT2D eigenvalue weighted by atomic mass is 79.9. The van der Waals surface area contributed by atoms with Gasteiger partial charge in [0, 0.05) is 14.9 Å². The van der Waals surface area contributed by atoms with Crippen LogP contribution in [0, 0.1) is 5.82 Å². The van der Waals surface area contributed by atoms with E-state index >= 15 is 0 Å². The molecule has 1 atom stereocenters. The molecule has 0 bridgehead atoms. The van der Waals surface area contributed by atoms with Gasteiger partial charge in [0.1, 0.15) is 10.8 Å². The van der Waals surface area contributed by atoms with Crippen LogP contribution in [0.2, 0.25) is 0 Å². The zero-order valence-electron chi connectivity index (χ0n) is 10.4. The molecular weight excluding hydrogens is 345 g/mol. The molecule has 3 nitrogen and oxygen atoms in total. The van der Waals surface area contributed by atoms with Crippen molar-refractivity contribution in [2.24, 2.45) is 0 Å². The molecule has 1 aromatic heterocycles. The van der Waals surface area contributed by atoms with Gasteiger partial charge in [0.15, 0.2) is 0 Å². The Balaban J connectivity index is 2.07. The summed E-state index contributed by atoms with van der Waals surface area (Å²) < 4.78 is 13.8. The van der Waals surface area contributed by atoms with E-state index in [9.17, 15) is 14.3 Å². The minimum Gasteiger partial charge on any atom is -0.481 e. The lowest BCUT2D eigenvalue weighted by atomic mass is 9.91. The Labute approximate surface area is 127 Å². The smallest absolute Gasteiger partial charge is 0.312 e. The first-order chi connectivity index (χ1) is 9.56. The van der Waals surface area contributed by atoms with Gasteiger partial charge in [-0.2, -0.15) is 0 Å². The number of aliphatic carboxylic acids is 1. The predicted molar refractivity (Wildman–Crippen MR) is 78.5 cm³/mol. The summed E-state index contributed by atoms with van der Waals surface area (Å²) in [5.74, 6) is -1.64. The van der Waals surface area contributed by atoms with E-state index in [2.05, 4.69) is 20.9 Å². The van der Waals surface area contributed by atoms with Crippen LogP contribution in [0.1, 0.15) is 29.3 Å². The highest BCUT2D eigenvalue weighted by molar-refractivity contribution is 9.10. The molecule has 0 amide bonds. The minimum absolute atomic E-state index is 0.314. The van der Waals surface area contributed by atoms with Gasteiger partial charge in [-0.1, -0.05) is 0 Å². The Hall–Kier alpha value is -1.27. The van der Waals surface area contributed by atoms with Crippen LogP contribution in [0.3, 0.4) is 0 Å². The molecule has 0 spiro atoms. The minimum atomic E-state index is -0.819. The monoisotopic (exact) mass is 355 g/mol. The molecular formula is C14H11BrFNO2S. The summed E-state index contributed by atoms with van der Waals surface area (Å²) in [6, 6.07) is 4.44. The Morgan fingerprint density at radius 2 is 2.30 bits per heavy atom. The third kappa shape index (κ3) is 2.38. The predicted octanol–water partition coefficient (Wildman–Crippen LogP) is 4.22. The topological polar surface area (TPSA) is 50.2 Å². The highest BCUT2D eigenvalue weighted by Crippen LogP contribution is 2.40. The molecule has 2 aromatic rings. The zero-order valence-corrected chi connectivity index (χ0v) is 12.8. The van der Waals surface area contributed by atoms with Crippen LogP contribution in [0.4, 0.5) is 4.39 Å². The molecule has 1 aliphatic rings. The van der Waals surface area contributed by atoms with E-state index in [1.54, 1.807) is 6.07 Å². The fraction of sp³-hybridized carbons (Fsp3) is 0.286. The molecule has 6 heteroatoms. The second-order valence-corrected chi connectivity index (χ2v) is 6.67. The normalized spacial score (nSPS) is 17.8. The van der Waals surface area contributed by atoms with Crippen molar-refractivity contribution in [3.8, 4) is 10.6 Å². The standard InChI is InChI=1S/C14H11BrFNO2S/c15-10-6-7(16)4-5-8(10)13-17-12-9(14(18)19)2-1-3-11(12)20-13/h4-6,9H,1-3H2,(H,18,19). The number of carboxylic acids is 1. The van der Waals surface area contributed by atoms with Crippen LogP contribution >= 0.6 is 27.3 Å².